The van der Waals surface area contributed by atoms with Crippen molar-refractivity contribution in [3.63, 3.8) is 0 Å². The van der Waals surface area contributed by atoms with E-state index in [0.29, 0.717) is 0 Å². The molecule has 0 N–H and O–H groups in total. The third-order valence-electron chi connectivity index (χ3n) is 9.76. The van der Waals surface area contributed by atoms with Crippen molar-refractivity contribution in [2.24, 2.45) is 11.8 Å². The zero-order valence-corrected chi connectivity index (χ0v) is 34.9. The summed E-state index contributed by atoms with van der Waals surface area (Å²) in [6.07, 6.45) is 17.3. The van der Waals surface area contributed by atoms with Crippen LogP contribution in [0.25, 0.3) is 11.1 Å². The summed E-state index contributed by atoms with van der Waals surface area (Å²) >= 11 is 0. The molecule has 238 valence electrons. The van der Waals surface area contributed by atoms with E-state index in [4.69, 9.17) is 0 Å². The van der Waals surface area contributed by atoms with Crippen molar-refractivity contribution >= 4 is 11.1 Å². The predicted octanol–water partition coefficient (Wildman–Crippen LogP) is 12.8. The molecule has 0 heterocycles. The fourth-order valence-electron chi connectivity index (χ4n) is 7.72. The smallest absolute Gasteiger partial charge is 0 e. The molecule has 2 atom stereocenters. The third kappa shape index (κ3) is 10.6. The van der Waals surface area contributed by atoms with Gasteiger partial charge in [-0.15, -0.1) is 0 Å². The summed E-state index contributed by atoms with van der Waals surface area (Å²) in [5, 5.41) is 0. The minimum atomic E-state index is 0. The number of hydrogen-bond acceptors (Lipinski definition) is 0. The largest absolute Gasteiger partial charge is 0.346 e. The first kappa shape index (κ1) is 42.2. The Labute approximate surface area is 324 Å². The Balaban J connectivity index is 0.000000380. The average molecular weight is 743 g/mol. The molecule has 4 aliphatic rings. The van der Waals surface area contributed by atoms with Gasteiger partial charge in [-0.25, -0.2) is 25.7 Å². The Morgan fingerprint density at radius 3 is 1.32 bits per heavy atom. The van der Waals surface area contributed by atoms with Crippen LogP contribution in [0.15, 0.2) is 59.7 Å². The molecule has 2 heteroatoms. The van der Waals surface area contributed by atoms with Crippen LogP contribution >= 0.6 is 0 Å². The van der Waals surface area contributed by atoms with Crippen LogP contribution < -0.4 is 0 Å². The Morgan fingerprint density at radius 1 is 0.614 bits per heavy atom. The Morgan fingerprint density at radius 2 is 0.977 bits per heavy atom. The molecule has 0 spiro atoms. The second-order valence-corrected chi connectivity index (χ2v) is 12.0. The molecular formula is C42H60Y2-4. The number of benzene rings is 2. The van der Waals surface area contributed by atoms with E-state index in [-0.39, 0.29) is 65.4 Å². The molecule has 4 aliphatic carbocycles. The molecule has 0 saturated carbocycles. The molecule has 0 nitrogen and oxygen atoms in total. The van der Waals surface area contributed by atoms with Crippen LogP contribution in [0.2, 0.25) is 0 Å². The van der Waals surface area contributed by atoms with Crippen LogP contribution in [0.5, 0.6) is 0 Å². The summed E-state index contributed by atoms with van der Waals surface area (Å²) in [5.41, 5.74) is 13.1. The van der Waals surface area contributed by atoms with Gasteiger partial charge in [0.2, 0.25) is 0 Å². The van der Waals surface area contributed by atoms with Gasteiger partial charge in [0.05, 0.1) is 0 Å². The van der Waals surface area contributed by atoms with Crippen LogP contribution in [0, 0.1) is 37.5 Å². The van der Waals surface area contributed by atoms with Crippen molar-refractivity contribution in [1.29, 1.82) is 0 Å². The molecule has 0 bridgehead atoms. The Kier molecular flexibility index (Phi) is 21.7. The van der Waals surface area contributed by atoms with Crippen molar-refractivity contribution in [2.45, 2.75) is 131 Å². The number of fused-ring (bicyclic) bond motifs is 4. The topological polar surface area (TPSA) is 0 Å². The number of allylic oxidation sites excluding steroid dienone is 4. The first-order valence-electron chi connectivity index (χ1n) is 17.5. The van der Waals surface area contributed by atoms with Crippen LogP contribution in [-0.4, -0.2) is 0 Å². The summed E-state index contributed by atoms with van der Waals surface area (Å²) in [7, 11) is 0. The van der Waals surface area contributed by atoms with E-state index in [1.807, 2.05) is 27.7 Å². The summed E-state index contributed by atoms with van der Waals surface area (Å²) < 4.78 is 0. The summed E-state index contributed by atoms with van der Waals surface area (Å²) in [6.45, 7) is 20.7. The first-order chi connectivity index (χ1) is 20.7. The number of hydrogen-bond donors (Lipinski definition) is 0. The molecule has 2 unspecified atom stereocenters. The van der Waals surface area contributed by atoms with Gasteiger partial charge < -0.3 is 25.7 Å². The third-order valence-corrected chi connectivity index (χ3v) is 9.76. The SMILES string of the molecule is CC.CC.[CH2-]CC[C-]1CCC2=C(C1)C(CC)Cc1ccccc12.[CH2-]CC[C-]1CCC2=C(C1)C(CC)Cc1ccccc12.[Y].[Y]. The van der Waals surface area contributed by atoms with Crippen molar-refractivity contribution in [3.05, 3.63) is 108 Å². The molecule has 0 saturated heterocycles. The van der Waals surface area contributed by atoms with Gasteiger partial charge in [0.25, 0.3) is 0 Å². The molecule has 2 aromatic carbocycles. The monoisotopic (exact) mass is 742 g/mol. The second-order valence-electron chi connectivity index (χ2n) is 12.0. The van der Waals surface area contributed by atoms with Gasteiger partial charge in [-0.3, -0.25) is 0 Å². The maximum Gasteiger partial charge on any atom is 0 e. The minimum absolute atomic E-state index is 0. The molecule has 0 aromatic heterocycles. The molecular weight excluding hydrogens is 682 g/mol. The zero-order valence-electron chi connectivity index (χ0n) is 29.2. The van der Waals surface area contributed by atoms with E-state index in [2.05, 4.69) is 76.2 Å². The normalized spacial score (nSPS) is 20.3. The van der Waals surface area contributed by atoms with Crippen molar-refractivity contribution < 1.29 is 65.4 Å². The van der Waals surface area contributed by atoms with Gasteiger partial charge in [0, 0.05) is 65.4 Å². The minimum Gasteiger partial charge on any atom is -0.346 e. The van der Waals surface area contributed by atoms with Crippen LogP contribution in [-0.2, 0) is 78.3 Å². The van der Waals surface area contributed by atoms with Gasteiger partial charge >= 0.3 is 0 Å². The zero-order chi connectivity index (χ0) is 30.5. The van der Waals surface area contributed by atoms with Crippen molar-refractivity contribution in [3.8, 4) is 0 Å². The van der Waals surface area contributed by atoms with Gasteiger partial charge in [0.1, 0.15) is 0 Å². The van der Waals surface area contributed by atoms with E-state index in [1.54, 1.807) is 56.4 Å². The molecule has 0 amide bonds. The number of rotatable bonds is 6. The van der Waals surface area contributed by atoms with Gasteiger partial charge in [0.15, 0.2) is 0 Å². The van der Waals surface area contributed by atoms with Crippen LogP contribution in [0.3, 0.4) is 0 Å². The van der Waals surface area contributed by atoms with Crippen LogP contribution in [0.1, 0.15) is 141 Å². The fraction of sp³-hybridized carbons (Fsp3) is 0.524. The summed E-state index contributed by atoms with van der Waals surface area (Å²) in [5.74, 6) is 5.05. The molecule has 0 aliphatic heterocycles. The van der Waals surface area contributed by atoms with E-state index in [9.17, 15) is 0 Å². The molecule has 6 rings (SSSR count). The standard InChI is InChI=1S/2C19H24.2C2H6.2Y/c2*1-3-7-14-10-11-18-17-9-6-5-8-16(17)13-15(4-2)19(18)12-14;2*1-2;;/h2*5-6,8-9,15H,1,3-4,7,10-13H2,2H3;2*1-2H3;;/q2*-2;;;;. The maximum atomic E-state index is 4.02. The van der Waals surface area contributed by atoms with E-state index in [1.165, 1.54) is 77.0 Å². The molecule has 44 heavy (non-hydrogen) atoms. The van der Waals surface area contributed by atoms with Crippen molar-refractivity contribution in [1.82, 2.24) is 0 Å². The molecule has 2 aromatic rings. The molecule has 2 radical (unpaired) electrons. The summed E-state index contributed by atoms with van der Waals surface area (Å²) in [4.78, 5) is 0. The van der Waals surface area contributed by atoms with Gasteiger partial charge in [-0.05, 0) is 70.9 Å². The second kappa shape index (κ2) is 22.7. The van der Waals surface area contributed by atoms with E-state index in [0.717, 1.165) is 24.7 Å². The van der Waals surface area contributed by atoms with Gasteiger partial charge in [-0.2, -0.15) is 25.7 Å². The average Bonchev–Trinajstić information content (AvgIpc) is 3.06. The van der Waals surface area contributed by atoms with E-state index < -0.39 is 0 Å². The molecule has 0 fully saturated rings. The Bertz CT molecular complexity index is 1060. The maximum absolute atomic E-state index is 4.02. The van der Waals surface area contributed by atoms with E-state index >= 15 is 0 Å². The summed E-state index contributed by atoms with van der Waals surface area (Å²) in [6, 6.07) is 18.1. The van der Waals surface area contributed by atoms with Crippen LogP contribution in [0.4, 0.5) is 0 Å². The van der Waals surface area contributed by atoms with Gasteiger partial charge in [-0.1, -0.05) is 114 Å². The quantitative estimate of drug-likeness (QED) is 0.259. The Hall–Kier alpha value is 0.128. The fourth-order valence-corrected chi connectivity index (χ4v) is 7.72. The van der Waals surface area contributed by atoms with Crippen molar-refractivity contribution in [2.75, 3.05) is 0 Å². The first-order valence-corrected chi connectivity index (χ1v) is 17.5. The predicted molar refractivity (Wildman–Crippen MR) is 188 cm³/mol.